The molecule has 1 amide bonds. The fraction of sp³-hybridized carbons (Fsp3) is 0.692. The molecular weight excluding hydrogens is 282 g/mol. The molecule has 1 aliphatic rings. The number of aromatic nitrogens is 1. The zero-order valence-electron chi connectivity index (χ0n) is 11.5. The van der Waals surface area contributed by atoms with Crippen molar-refractivity contribution in [2.75, 3.05) is 5.32 Å². The largest absolute Gasteiger partial charge is 0.318 e. The maximum Gasteiger partial charge on any atom is 0.245 e. The maximum absolute atomic E-state index is 12.1. The first-order valence-electron chi connectivity index (χ1n) is 6.62. The van der Waals surface area contributed by atoms with Gasteiger partial charge in [-0.25, -0.2) is 4.98 Å². The van der Waals surface area contributed by atoms with Gasteiger partial charge in [0, 0.05) is 4.88 Å². The number of fused-ring (bicyclic) bond motifs is 1. The molecule has 1 aromatic rings. The molecule has 0 aromatic carbocycles. The van der Waals surface area contributed by atoms with E-state index in [-0.39, 0.29) is 18.3 Å². The first-order chi connectivity index (χ1) is 8.53. The number of hydrogen-bond donors (Lipinski definition) is 2. The van der Waals surface area contributed by atoms with E-state index in [0.717, 1.165) is 25.0 Å². The van der Waals surface area contributed by atoms with Gasteiger partial charge in [0.2, 0.25) is 5.91 Å². The lowest BCUT2D eigenvalue weighted by molar-refractivity contribution is -0.120. The molecule has 0 radical (unpaired) electrons. The Morgan fingerprint density at radius 3 is 2.79 bits per heavy atom. The van der Waals surface area contributed by atoms with E-state index in [2.05, 4.69) is 10.3 Å². The predicted octanol–water partition coefficient (Wildman–Crippen LogP) is 2.90. The number of rotatable bonds is 4. The fourth-order valence-electron chi connectivity index (χ4n) is 2.28. The van der Waals surface area contributed by atoms with Gasteiger partial charge in [0.25, 0.3) is 0 Å². The quantitative estimate of drug-likeness (QED) is 0.898. The Bertz CT molecular complexity index is 422. The number of nitrogens with zero attached hydrogens (tertiary/aromatic N) is 1. The van der Waals surface area contributed by atoms with E-state index in [1.165, 1.54) is 17.7 Å². The Balaban J connectivity index is 0.00000180. The summed E-state index contributed by atoms with van der Waals surface area (Å²) in [5.41, 5.74) is 6.36. The summed E-state index contributed by atoms with van der Waals surface area (Å²) in [5.74, 6) is -0.129. The Morgan fingerprint density at radius 2 is 2.16 bits per heavy atom. The number of nitrogens with one attached hydrogen (secondary N) is 1. The molecule has 4 nitrogen and oxygen atoms in total. The molecule has 0 spiro atoms. The molecule has 0 bridgehead atoms. The van der Waals surface area contributed by atoms with E-state index in [4.69, 9.17) is 5.73 Å². The molecule has 0 aliphatic heterocycles. The van der Waals surface area contributed by atoms with Gasteiger partial charge in [-0.3, -0.25) is 4.79 Å². The molecule has 0 saturated heterocycles. The number of hydrogen-bond acceptors (Lipinski definition) is 4. The van der Waals surface area contributed by atoms with Crippen molar-refractivity contribution in [1.82, 2.24) is 4.98 Å². The zero-order valence-corrected chi connectivity index (χ0v) is 13.1. The average molecular weight is 304 g/mol. The Morgan fingerprint density at radius 1 is 1.47 bits per heavy atom. The van der Waals surface area contributed by atoms with E-state index in [0.29, 0.717) is 11.6 Å². The minimum atomic E-state index is -0.805. The summed E-state index contributed by atoms with van der Waals surface area (Å²) in [6, 6.07) is 0. The third-order valence-corrected chi connectivity index (χ3v) is 4.43. The first-order valence-corrected chi connectivity index (χ1v) is 7.43. The molecule has 0 saturated carbocycles. The van der Waals surface area contributed by atoms with Crippen molar-refractivity contribution in [3.63, 3.8) is 0 Å². The van der Waals surface area contributed by atoms with Crippen molar-refractivity contribution in [3.05, 3.63) is 10.6 Å². The van der Waals surface area contributed by atoms with Crippen LogP contribution in [0.25, 0.3) is 0 Å². The molecular formula is C13H22ClN3OS. The SMILES string of the molecule is CCCC(C)(N)C(=O)Nc1nc2c(s1)CCCC2.Cl. The molecule has 1 unspecified atom stereocenters. The molecule has 1 aliphatic carbocycles. The second kappa shape index (κ2) is 6.68. The van der Waals surface area contributed by atoms with Crippen molar-refractivity contribution in [2.45, 2.75) is 57.9 Å². The molecule has 19 heavy (non-hydrogen) atoms. The van der Waals surface area contributed by atoms with E-state index >= 15 is 0 Å². The Labute approximate surface area is 124 Å². The number of aryl methyl sites for hydroxylation is 2. The third kappa shape index (κ3) is 3.91. The van der Waals surface area contributed by atoms with Gasteiger partial charge in [0.1, 0.15) is 0 Å². The standard InChI is InChI=1S/C13H21N3OS.ClH/c1-3-8-13(2,14)11(17)16-12-15-9-6-4-5-7-10(9)18-12;/h3-8,14H2,1-2H3,(H,15,16,17);1H. The first kappa shape index (κ1) is 16.4. The van der Waals surface area contributed by atoms with Crippen LogP contribution in [0.1, 0.15) is 50.1 Å². The highest BCUT2D eigenvalue weighted by molar-refractivity contribution is 7.15. The third-order valence-electron chi connectivity index (χ3n) is 3.35. The van der Waals surface area contributed by atoms with Crippen LogP contribution in [-0.4, -0.2) is 16.4 Å². The summed E-state index contributed by atoms with van der Waals surface area (Å²) < 4.78 is 0. The van der Waals surface area contributed by atoms with Crippen molar-refractivity contribution in [3.8, 4) is 0 Å². The summed E-state index contributed by atoms with van der Waals surface area (Å²) in [5, 5.41) is 3.58. The van der Waals surface area contributed by atoms with Gasteiger partial charge >= 0.3 is 0 Å². The number of thiazole rings is 1. The number of amides is 1. The zero-order chi connectivity index (χ0) is 13.2. The molecule has 108 valence electrons. The monoisotopic (exact) mass is 303 g/mol. The van der Waals surface area contributed by atoms with Crippen LogP contribution < -0.4 is 11.1 Å². The maximum atomic E-state index is 12.1. The highest BCUT2D eigenvalue weighted by Gasteiger charge is 2.28. The molecule has 0 fully saturated rings. The summed E-state index contributed by atoms with van der Waals surface area (Å²) in [7, 11) is 0. The lowest BCUT2D eigenvalue weighted by atomic mass is 9.97. The molecule has 1 aromatic heterocycles. The van der Waals surface area contributed by atoms with Gasteiger partial charge in [-0.15, -0.1) is 23.7 Å². The molecule has 3 N–H and O–H groups in total. The van der Waals surface area contributed by atoms with Gasteiger partial charge in [0.15, 0.2) is 5.13 Å². The number of carbonyl (C=O) groups excluding carboxylic acids is 1. The average Bonchev–Trinajstić information content (AvgIpc) is 2.70. The van der Waals surface area contributed by atoms with Crippen LogP contribution in [0.2, 0.25) is 0 Å². The van der Waals surface area contributed by atoms with Gasteiger partial charge < -0.3 is 11.1 Å². The molecule has 1 heterocycles. The molecule has 1 atom stereocenters. The van der Waals surface area contributed by atoms with Crippen molar-refractivity contribution in [2.24, 2.45) is 5.73 Å². The summed E-state index contributed by atoms with van der Waals surface area (Å²) in [4.78, 5) is 17.9. The highest BCUT2D eigenvalue weighted by atomic mass is 35.5. The second-order valence-electron chi connectivity index (χ2n) is 5.22. The van der Waals surface area contributed by atoms with E-state index < -0.39 is 5.54 Å². The minimum absolute atomic E-state index is 0. The Hall–Kier alpha value is -0.650. The Kier molecular flexibility index (Phi) is 5.77. The topological polar surface area (TPSA) is 68.0 Å². The van der Waals surface area contributed by atoms with E-state index in [1.54, 1.807) is 18.3 Å². The van der Waals surface area contributed by atoms with Crippen LogP contribution in [0.3, 0.4) is 0 Å². The summed E-state index contributed by atoms with van der Waals surface area (Å²) in [6.45, 7) is 3.81. The summed E-state index contributed by atoms with van der Waals surface area (Å²) >= 11 is 1.60. The van der Waals surface area contributed by atoms with Crippen LogP contribution in [0.5, 0.6) is 0 Å². The lowest BCUT2D eigenvalue weighted by Gasteiger charge is -2.21. The van der Waals surface area contributed by atoms with Crippen molar-refractivity contribution in [1.29, 1.82) is 0 Å². The van der Waals surface area contributed by atoms with Crippen molar-refractivity contribution < 1.29 is 4.79 Å². The van der Waals surface area contributed by atoms with Gasteiger partial charge in [-0.1, -0.05) is 13.3 Å². The number of halogens is 1. The minimum Gasteiger partial charge on any atom is -0.318 e. The number of nitrogens with two attached hydrogens (primary N) is 1. The van der Waals surface area contributed by atoms with E-state index in [1.807, 2.05) is 6.92 Å². The van der Waals surface area contributed by atoms with Crippen LogP contribution in [0, 0.1) is 0 Å². The smallest absolute Gasteiger partial charge is 0.245 e. The predicted molar refractivity (Wildman–Crippen MR) is 82.1 cm³/mol. The number of carbonyl (C=O) groups is 1. The normalized spacial score (nSPS) is 17.0. The fourth-order valence-corrected chi connectivity index (χ4v) is 3.32. The molecule has 6 heteroatoms. The highest BCUT2D eigenvalue weighted by Crippen LogP contribution is 2.29. The van der Waals surface area contributed by atoms with Crippen LogP contribution in [0.15, 0.2) is 0 Å². The van der Waals surface area contributed by atoms with Gasteiger partial charge in [0.05, 0.1) is 11.2 Å². The number of anilines is 1. The lowest BCUT2D eigenvalue weighted by Crippen LogP contribution is -2.48. The van der Waals surface area contributed by atoms with Gasteiger partial charge in [-0.05, 0) is 39.0 Å². The van der Waals surface area contributed by atoms with Gasteiger partial charge in [-0.2, -0.15) is 0 Å². The van der Waals surface area contributed by atoms with Crippen LogP contribution >= 0.6 is 23.7 Å². The summed E-state index contributed by atoms with van der Waals surface area (Å²) in [6.07, 6.45) is 6.15. The van der Waals surface area contributed by atoms with Crippen molar-refractivity contribution >= 4 is 34.8 Å². The van der Waals surface area contributed by atoms with E-state index in [9.17, 15) is 4.79 Å². The second-order valence-corrected chi connectivity index (χ2v) is 6.30. The van der Waals surface area contributed by atoms with Crippen LogP contribution in [-0.2, 0) is 17.6 Å². The van der Waals surface area contributed by atoms with Crippen LogP contribution in [0.4, 0.5) is 5.13 Å². The molecule has 2 rings (SSSR count).